The molecule has 0 aliphatic carbocycles. The van der Waals surface area contributed by atoms with Gasteiger partial charge in [-0.15, -0.1) is 0 Å². The fourth-order valence-electron chi connectivity index (χ4n) is 4.44. The zero-order chi connectivity index (χ0) is 19.5. The fraction of sp³-hybridized carbons (Fsp3) is 0.545. The van der Waals surface area contributed by atoms with E-state index in [0.29, 0.717) is 19.6 Å². The lowest BCUT2D eigenvalue weighted by Gasteiger charge is -2.45. The van der Waals surface area contributed by atoms with Crippen LogP contribution in [-0.2, 0) is 28.4 Å². The fourth-order valence-corrected chi connectivity index (χ4v) is 4.44. The molecular weight excluding hydrogens is 338 g/mol. The van der Waals surface area contributed by atoms with Crippen molar-refractivity contribution in [3.05, 3.63) is 53.6 Å². The number of aromatic nitrogens is 2. The summed E-state index contributed by atoms with van der Waals surface area (Å²) < 4.78 is 7.95. The molecule has 1 aromatic carbocycles. The maximum atomic E-state index is 12.8. The molecule has 0 bridgehead atoms. The lowest BCUT2D eigenvalue weighted by atomic mass is 9.66. The molecule has 146 valence electrons. The number of carbonyl (C=O) groups is 1. The molecule has 2 aromatic rings. The Kier molecular flexibility index (Phi) is 5.70. The minimum absolute atomic E-state index is 0.102. The van der Waals surface area contributed by atoms with Crippen molar-refractivity contribution in [2.45, 2.75) is 57.5 Å². The number of hydrogen-bond donors (Lipinski definition) is 1. The van der Waals surface area contributed by atoms with Gasteiger partial charge in [-0.1, -0.05) is 24.3 Å². The molecule has 5 nitrogen and oxygen atoms in total. The number of benzene rings is 1. The molecule has 1 N–H and O–H groups in total. The summed E-state index contributed by atoms with van der Waals surface area (Å²) in [5.74, 6) is 1.08. The van der Waals surface area contributed by atoms with Gasteiger partial charge in [0.05, 0.1) is 5.60 Å². The zero-order valence-corrected chi connectivity index (χ0v) is 16.9. The summed E-state index contributed by atoms with van der Waals surface area (Å²) >= 11 is 0. The lowest BCUT2D eigenvalue weighted by Crippen LogP contribution is -2.47. The highest BCUT2D eigenvalue weighted by molar-refractivity contribution is 5.77. The number of aryl methyl sites for hydroxylation is 2. The first-order valence-corrected chi connectivity index (χ1v) is 9.74. The van der Waals surface area contributed by atoms with E-state index in [2.05, 4.69) is 55.3 Å². The Labute approximate surface area is 162 Å². The third-order valence-electron chi connectivity index (χ3n) is 5.64. The molecule has 5 heteroatoms. The van der Waals surface area contributed by atoms with Gasteiger partial charge in [-0.05, 0) is 44.7 Å². The topological polar surface area (TPSA) is 56.2 Å². The van der Waals surface area contributed by atoms with Gasteiger partial charge in [-0.2, -0.15) is 0 Å². The maximum Gasteiger partial charge on any atom is 0.220 e. The lowest BCUT2D eigenvalue weighted by molar-refractivity contribution is -0.126. The third kappa shape index (κ3) is 4.59. The van der Waals surface area contributed by atoms with Gasteiger partial charge in [0.15, 0.2) is 0 Å². The molecule has 1 aromatic heterocycles. The van der Waals surface area contributed by atoms with Crippen LogP contribution in [0.3, 0.4) is 0 Å². The van der Waals surface area contributed by atoms with E-state index in [1.807, 2.05) is 17.8 Å². The number of nitrogens with one attached hydrogen (secondary N) is 1. The number of amides is 1. The molecule has 0 radical (unpaired) electrons. The van der Waals surface area contributed by atoms with Gasteiger partial charge in [-0.3, -0.25) is 4.79 Å². The van der Waals surface area contributed by atoms with Gasteiger partial charge in [0.1, 0.15) is 5.82 Å². The van der Waals surface area contributed by atoms with E-state index in [9.17, 15) is 4.79 Å². The molecule has 1 aliphatic heterocycles. The summed E-state index contributed by atoms with van der Waals surface area (Å²) in [5, 5.41) is 3.10. The van der Waals surface area contributed by atoms with Gasteiger partial charge >= 0.3 is 0 Å². The highest BCUT2D eigenvalue weighted by atomic mass is 16.5. The van der Waals surface area contributed by atoms with Crippen molar-refractivity contribution in [1.82, 2.24) is 14.9 Å². The monoisotopic (exact) mass is 369 g/mol. The Balaban J connectivity index is 1.73. The van der Waals surface area contributed by atoms with E-state index >= 15 is 0 Å². The predicted molar refractivity (Wildman–Crippen MR) is 107 cm³/mol. The Hall–Kier alpha value is -2.14. The van der Waals surface area contributed by atoms with Gasteiger partial charge < -0.3 is 14.6 Å². The molecule has 2 heterocycles. The van der Waals surface area contributed by atoms with E-state index in [1.165, 1.54) is 11.1 Å². The third-order valence-corrected chi connectivity index (χ3v) is 5.64. The first-order chi connectivity index (χ1) is 12.8. The molecule has 0 spiro atoms. The van der Waals surface area contributed by atoms with Gasteiger partial charge in [0.2, 0.25) is 5.91 Å². The molecule has 1 aliphatic rings. The number of ether oxygens (including phenoxy) is 1. The molecule has 0 unspecified atom stereocenters. The van der Waals surface area contributed by atoms with E-state index in [0.717, 1.165) is 25.1 Å². The number of carbonyl (C=O) groups excluding carboxylic acids is 1. The second-order valence-electron chi connectivity index (χ2n) is 8.36. The largest absolute Gasteiger partial charge is 0.376 e. The quantitative estimate of drug-likeness (QED) is 0.850. The molecule has 0 saturated carbocycles. The zero-order valence-electron chi connectivity index (χ0n) is 16.9. The van der Waals surface area contributed by atoms with Crippen LogP contribution in [0.1, 0.15) is 50.1 Å². The first-order valence-electron chi connectivity index (χ1n) is 9.74. The summed E-state index contributed by atoms with van der Waals surface area (Å²) in [6.45, 7) is 7.67. The normalized spacial score (nSPS) is 21.8. The van der Waals surface area contributed by atoms with Crippen LogP contribution in [0.15, 0.2) is 36.7 Å². The highest BCUT2D eigenvalue weighted by Gasteiger charge is 2.44. The van der Waals surface area contributed by atoms with Crippen LogP contribution < -0.4 is 5.32 Å². The Bertz CT molecular complexity index is 796. The molecule has 1 atom stereocenters. The second-order valence-corrected chi connectivity index (χ2v) is 8.36. The minimum Gasteiger partial charge on any atom is -0.376 e. The van der Waals surface area contributed by atoms with Gasteiger partial charge in [-0.25, -0.2) is 4.98 Å². The van der Waals surface area contributed by atoms with Crippen molar-refractivity contribution in [3.63, 3.8) is 0 Å². The van der Waals surface area contributed by atoms with Gasteiger partial charge in [0.25, 0.3) is 0 Å². The summed E-state index contributed by atoms with van der Waals surface area (Å²) in [4.78, 5) is 17.2. The Morgan fingerprint density at radius 1 is 1.33 bits per heavy atom. The molecule has 3 rings (SSSR count). The molecule has 1 saturated heterocycles. The number of imidazole rings is 1. The van der Waals surface area contributed by atoms with Crippen LogP contribution in [0.25, 0.3) is 0 Å². The van der Waals surface area contributed by atoms with Crippen LogP contribution in [0.2, 0.25) is 0 Å². The van der Waals surface area contributed by atoms with Crippen molar-refractivity contribution in [1.29, 1.82) is 0 Å². The maximum absolute atomic E-state index is 12.8. The van der Waals surface area contributed by atoms with Crippen molar-refractivity contribution in [2.24, 2.45) is 7.05 Å². The summed E-state index contributed by atoms with van der Waals surface area (Å²) in [7, 11) is 1.97. The number of nitrogens with zero attached hydrogens (tertiary/aromatic N) is 2. The molecular formula is C22H31N3O2. The summed E-state index contributed by atoms with van der Waals surface area (Å²) in [6, 6.07) is 8.45. The first kappa shape index (κ1) is 19.6. The molecule has 1 amide bonds. The van der Waals surface area contributed by atoms with Crippen LogP contribution in [-0.4, -0.2) is 34.2 Å². The number of hydrogen-bond acceptors (Lipinski definition) is 3. The summed E-state index contributed by atoms with van der Waals surface area (Å²) in [6.07, 6.45) is 6.65. The predicted octanol–water partition coefficient (Wildman–Crippen LogP) is 3.30. The van der Waals surface area contributed by atoms with Crippen LogP contribution in [0, 0.1) is 6.92 Å². The van der Waals surface area contributed by atoms with Crippen molar-refractivity contribution in [3.8, 4) is 0 Å². The average molecular weight is 370 g/mol. The average Bonchev–Trinajstić information content (AvgIpc) is 2.99. The van der Waals surface area contributed by atoms with Crippen molar-refractivity contribution >= 4 is 5.91 Å². The SMILES string of the molecule is Cc1ccccc1[C@]1(CC(=O)NCCc2nccn2C)CCOC(C)(C)C1. The Morgan fingerprint density at radius 2 is 2.11 bits per heavy atom. The molecule has 27 heavy (non-hydrogen) atoms. The minimum atomic E-state index is -0.228. The Morgan fingerprint density at radius 3 is 2.78 bits per heavy atom. The van der Waals surface area contributed by atoms with Crippen molar-refractivity contribution < 1.29 is 9.53 Å². The van der Waals surface area contributed by atoms with Crippen LogP contribution in [0.5, 0.6) is 0 Å². The second kappa shape index (κ2) is 7.85. The van der Waals surface area contributed by atoms with Crippen LogP contribution >= 0.6 is 0 Å². The molecule has 1 fully saturated rings. The smallest absolute Gasteiger partial charge is 0.220 e. The van der Waals surface area contributed by atoms with Gasteiger partial charge in [0, 0.05) is 50.8 Å². The highest BCUT2D eigenvalue weighted by Crippen LogP contribution is 2.45. The summed E-state index contributed by atoms with van der Waals surface area (Å²) in [5.41, 5.74) is 2.12. The van der Waals surface area contributed by atoms with E-state index in [4.69, 9.17) is 4.74 Å². The standard InChI is InChI=1S/C22H31N3O2/c1-17-7-5-6-8-18(17)22(10-14-27-21(2,3)16-22)15-20(26)24-11-9-19-23-12-13-25(19)4/h5-8,12-13H,9-11,14-16H2,1-4H3,(H,24,26)/t22-/m0/s1. The van der Waals surface area contributed by atoms with E-state index in [1.54, 1.807) is 6.20 Å². The van der Waals surface area contributed by atoms with E-state index in [-0.39, 0.29) is 16.9 Å². The van der Waals surface area contributed by atoms with E-state index < -0.39 is 0 Å². The van der Waals surface area contributed by atoms with Crippen LogP contribution in [0.4, 0.5) is 0 Å². The van der Waals surface area contributed by atoms with Crippen molar-refractivity contribution in [2.75, 3.05) is 13.2 Å². The number of rotatable bonds is 6.